The summed E-state index contributed by atoms with van der Waals surface area (Å²) in [5, 5.41) is 7.32. The van der Waals surface area contributed by atoms with E-state index in [1.54, 1.807) is 0 Å². The molecule has 0 spiro atoms. The van der Waals surface area contributed by atoms with Crippen LogP contribution in [0.25, 0.3) is 49.0 Å². The van der Waals surface area contributed by atoms with Gasteiger partial charge in [-0.3, -0.25) is 0 Å². The van der Waals surface area contributed by atoms with Crippen molar-refractivity contribution in [1.82, 2.24) is 4.57 Å². The van der Waals surface area contributed by atoms with Crippen LogP contribution in [0.4, 0.5) is 17.1 Å². The molecule has 0 fully saturated rings. The highest BCUT2D eigenvalue weighted by Gasteiger charge is 2.18. The Balaban J connectivity index is 1.24. The lowest BCUT2D eigenvalue weighted by atomic mass is 10.1. The van der Waals surface area contributed by atoms with Gasteiger partial charge in [-0.2, -0.15) is 0 Å². The van der Waals surface area contributed by atoms with Crippen LogP contribution >= 0.6 is 0 Å². The van der Waals surface area contributed by atoms with Gasteiger partial charge >= 0.3 is 0 Å². The molecule has 0 aliphatic carbocycles. The molecule has 47 heavy (non-hydrogen) atoms. The summed E-state index contributed by atoms with van der Waals surface area (Å²) in [4.78, 5) is 2.38. The molecule has 0 amide bonds. The number of anilines is 3. The molecule has 1 heterocycles. The van der Waals surface area contributed by atoms with Gasteiger partial charge in [-0.1, -0.05) is 85.8 Å². The topological polar surface area (TPSA) is 26.6 Å². The van der Waals surface area contributed by atoms with Gasteiger partial charge in [-0.05, 0) is 101 Å². The zero-order chi connectivity index (χ0) is 31.6. The van der Waals surface area contributed by atoms with Crippen LogP contribution in [0.15, 0.2) is 152 Å². The summed E-state index contributed by atoms with van der Waals surface area (Å²) in [6, 6.07) is 54.5. The molecule has 1 aromatic heterocycles. The predicted molar refractivity (Wildman–Crippen MR) is 197 cm³/mol. The van der Waals surface area contributed by atoms with E-state index in [0.29, 0.717) is 13.2 Å². The highest BCUT2D eigenvalue weighted by molar-refractivity contribution is 6.11. The number of benzene rings is 7. The largest absolute Gasteiger partial charge is 0.491 e. The van der Waals surface area contributed by atoms with Crippen LogP contribution in [0, 0.1) is 0 Å². The SMILES string of the molecule is CCCOCCOc1ccc(-n2c3ccccc3c3cc(N(c4ccc5ccccc5c4)c4ccc5ccccc5c4)ccc32)cc1. The third-order valence-electron chi connectivity index (χ3n) is 8.84. The Bertz CT molecular complexity index is 2260. The molecule has 0 bridgehead atoms. The fourth-order valence-electron chi connectivity index (χ4n) is 6.61. The van der Waals surface area contributed by atoms with Gasteiger partial charge in [-0.15, -0.1) is 0 Å². The van der Waals surface area contributed by atoms with Gasteiger partial charge in [0.25, 0.3) is 0 Å². The fraction of sp³-hybridized carbons (Fsp3) is 0.116. The Labute approximate surface area is 275 Å². The van der Waals surface area contributed by atoms with Gasteiger partial charge in [0.1, 0.15) is 12.4 Å². The Kier molecular flexibility index (Phi) is 7.78. The normalized spacial score (nSPS) is 11.5. The molecule has 0 unspecified atom stereocenters. The third-order valence-corrected chi connectivity index (χ3v) is 8.84. The Morgan fingerprint density at radius 3 is 1.74 bits per heavy atom. The Hall–Kier alpha value is -5.58. The molecule has 0 saturated heterocycles. The lowest BCUT2D eigenvalue weighted by Crippen LogP contribution is -2.10. The van der Waals surface area contributed by atoms with Crippen LogP contribution in [0.3, 0.4) is 0 Å². The number of rotatable bonds is 10. The zero-order valence-electron chi connectivity index (χ0n) is 26.5. The lowest BCUT2D eigenvalue weighted by molar-refractivity contribution is 0.101. The van der Waals surface area contributed by atoms with Gasteiger partial charge in [0, 0.05) is 40.1 Å². The molecule has 0 N–H and O–H groups in total. The van der Waals surface area contributed by atoms with E-state index in [2.05, 4.69) is 156 Å². The van der Waals surface area contributed by atoms with Crippen molar-refractivity contribution in [2.75, 3.05) is 24.7 Å². The van der Waals surface area contributed by atoms with E-state index in [1.807, 2.05) is 12.1 Å². The van der Waals surface area contributed by atoms with Crippen LogP contribution < -0.4 is 9.64 Å². The maximum Gasteiger partial charge on any atom is 0.119 e. The molecule has 4 nitrogen and oxygen atoms in total. The fourth-order valence-corrected chi connectivity index (χ4v) is 6.61. The van der Waals surface area contributed by atoms with Gasteiger partial charge in [0.05, 0.1) is 17.6 Å². The standard InChI is InChI=1S/C43H36N2O2/c1-2-25-46-26-27-47-39-22-19-35(20-23-39)45-42-14-8-7-13-40(42)41-30-38(21-24-43(41)45)44(36-17-15-31-9-3-5-11-33(31)28-36)37-18-16-32-10-4-6-12-34(32)29-37/h3-24,28-30H,2,25-27H2,1H3. The van der Waals surface area contributed by atoms with E-state index in [4.69, 9.17) is 9.47 Å². The van der Waals surface area contributed by atoms with E-state index in [9.17, 15) is 0 Å². The minimum atomic E-state index is 0.544. The molecule has 0 aliphatic rings. The summed E-state index contributed by atoms with van der Waals surface area (Å²) in [6.07, 6.45) is 1.01. The van der Waals surface area contributed by atoms with Crippen LogP contribution in [0.1, 0.15) is 13.3 Å². The van der Waals surface area contributed by atoms with Crippen LogP contribution in [-0.4, -0.2) is 24.4 Å². The summed E-state index contributed by atoms with van der Waals surface area (Å²) < 4.78 is 13.9. The van der Waals surface area contributed by atoms with Crippen LogP contribution in [-0.2, 0) is 4.74 Å². The van der Waals surface area contributed by atoms with Crippen molar-refractivity contribution in [2.24, 2.45) is 0 Å². The van der Waals surface area contributed by atoms with Crippen LogP contribution in [0.2, 0.25) is 0 Å². The second-order valence-electron chi connectivity index (χ2n) is 11.9. The minimum Gasteiger partial charge on any atom is -0.491 e. The van der Waals surface area contributed by atoms with Crippen molar-refractivity contribution in [3.8, 4) is 11.4 Å². The summed E-state index contributed by atoms with van der Waals surface area (Å²) in [7, 11) is 0. The number of ether oxygens (including phenoxy) is 2. The molecular formula is C43H36N2O2. The zero-order valence-corrected chi connectivity index (χ0v) is 26.5. The molecule has 0 atom stereocenters. The number of fused-ring (bicyclic) bond motifs is 5. The quantitative estimate of drug-likeness (QED) is 0.144. The molecule has 230 valence electrons. The predicted octanol–water partition coefficient (Wildman–Crippen LogP) is 11.4. The van der Waals surface area contributed by atoms with Gasteiger partial charge < -0.3 is 18.9 Å². The summed E-state index contributed by atoms with van der Waals surface area (Å²) in [5.74, 6) is 0.846. The Morgan fingerprint density at radius 2 is 1.06 bits per heavy atom. The first-order valence-electron chi connectivity index (χ1n) is 16.4. The molecule has 7 aromatic carbocycles. The minimum absolute atomic E-state index is 0.544. The average Bonchev–Trinajstić information content (AvgIpc) is 3.45. The first-order chi connectivity index (χ1) is 23.3. The van der Waals surface area contributed by atoms with Gasteiger partial charge in [0.2, 0.25) is 0 Å². The summed E-state index contributed by atoms with van der Waals surface area (Å²) in [5.41, 5.74) is 6.78. The highest BCUT2D eigenvalue weighted by atomic mass is 16.5. The smallest absolute Gasteiger partial charge is 0.119 e. The van der Waals surface area contributed by atoms with E-state index in [-0.39, 0.29) is 0 Å². The van der Waals surface area contributed by atoms with E-state index >= 15 is 0 Å². The second kappa shape index (κ2) is 12.7. The van der Waals surface area contributed by atoms with Crippen molar-refractivity contribution in [3.05, 3.63) is 152 Å². The number of aromatic nitrogens is 1. The second-order valence-corrected chi connectivity index (χ2v) is 11.9. The molecule has 8 rings (SSSR count). The first kappa shape index (κ1) is 28.9. The molecule has 4 heteroatoms. The van der Waals surface area contributed by atoms with Crippen molar-refractivity contribution >= 4 is 60.4 Å². The van der Waals surface area contributed by atoms with Crippen molar-refractivity contribution in [1.29, 1.82) is 0 Å². The van der Waals surface area contributed by atoms with E-state index in [1.165, 1.54) is 37.8 Å². The van der Waals surface area contributed by atoms with Gasteiger partial charge in [-0.25, -0.2) is 0 Å². The first-order valence-corrected chi connectivity index (χ1v) is 16.4. The molecule has 0 aliphatic heterocycles. The molecular weight excluding hydrogens is 576 g/mol. The maximum absolute atomic E-state index is 5.94. The molecule has 0 radical (unpaired) electrons. The van der Waals surface area contributed by atoms with E-state index < -0.39 is 0 Å². The third kappa shape index (κ3) is 5.58. The van der Waals surface area contributed by atoms with Crippen molar-refractivity contribution in [2.45, 2.75) is 13.3 Å². The van der Waals surface area contributed by atoms with Crippen molar-refractivity contribution in [3.63, 3.8) is 0 Å². The monoisotopic (exact) mass is 612 g/mol. The average molecular weight is 613 g/mol. The number of hydrogen-bond acceptors (Lipinski definition) is 3. The Morgan fingerprint density at radius 1 is 0.489 bits per heavy atom. The summed E-state index contributed by atoms with van der Waals surface area (Å²) >= 11 is 0. The highest BCUT2D eigenvalue weighted by Crippen LogP contribution is 2.41. The lowest BCUT2D eigenvalue weighted by Gasteiger charge is -2.26. The molecule has 0 saturated carbocycles. The molecule has 8 aromatic rings. The summed E-state index contributed by atoms with van der Waals surface area (Å²) in [6.45, 7) is 4.02. The van der Waals surface area contributed by atoms with Gasteiger partial charge in [0.15, 0.2) is 0 Å². The maximum atomic E-state index is 5.94. The van der Waals surface area contributed by atoms with Crippen molar-refractivity contribution < 1.29 is 9.47 Å². The number of nitrogens with zero attached hydrogens (tertiary/aromatic N) is 2. The van der Waals surface area contributed by atoms with Crippen LogP contribution in [0.5, 0.6) is 5.75 Å². The number of hydrogen-bond donors (Lipinski definition) is 0. The number of para-hydroxylation sites is 1. The van der Waals surface area contributed by atoms with E-state index in [0.717, 1.165) is 47.0 Å².